The summed E-state index contributed by atoms with van der Waals surface area (Å²) in [5, 5.41) is 8.27. The lowest BCUT2D eigenvalue weighted by molar-refractivity contribution is 0.0853. The molecule has 0 spiro atoms. The lowest BCUT2D eigenvalue weighted by atomic mass is 9.89. The summed E-state index contributed by atoms with van der Waals surface area (Å²) >= 11 is 0. The van der Waals surface area contributed by atoms with Gasteiger partial charge in [0.25, 0.3) is 5.91 Å². The van der Waals surface area contributed by atoms with Gasteiger partial charge in [-0.15, -0.1) is 0 Å². The number of urea groups is 1. The van der Waals surface area contributed by atoms with Crippen molar-refractivity contribution in [3.05, 3.63) is 60.0 Å². The Morgan fingerprint density at radius 1 is 0.935 bits per heavy atom. The van der Waals surface area contributed by atoms with Crippen LogP contribution in [0.3, 0.4) is 0 Å². The van der Waals surface area contributed by atoms with E-state index in [4.69, 9.17) is 0 Å². The highest BCUT2D eigenvalue weighted by atomic mass is 16.2. The Labute approximate surface area is 181 Å². The molecule has 0 atom stereocenters. The molecule has 2 aromatic heterocycles. The van der Waals surface area contributed by atoms with Crippen LogP contribution in [-0.4, -0.2) is 33.7 Å². The normalized spacial score (nSPS) is 11.2. The summed E-state index contributed by atoms with van der Waals surface area (Å²) in [6.45, 7) is 8.12. The number of amides is 3. The van der Waals surface area contributed by atoms with Gasteiger partial charge >= 0.3 is 6.03 Å². The van der Waals surface area contributed by atoms with E-state index in [1.807, 2.05) is 27.7 Å². The van der Waals surface area contributed by atoms with Crippen molar-refractivity contribution in [2.24, 2.45) is 5.41 Å². The van der Waals surface area contributed by atoms with Gasteiger partial charge in [0.05, 0.1) is 5.69 Å². The number of anilines is 2. The molecule has 3 N–H and O–H groups in total. The Balaban J connectivity index is 1.68. The highest BCUT2D eigenvalue weighted by molar-refractivity contribution is 6.04. The predicted octanol–water partition coefficient (Wildman–Crippen LogP) is 4.35. The second-order valence-electron chi connectivity index (χ2n) is 8.30. The number of carbonyl (C=O) groups excluding carboxylic acids is 3. The molecule has 3 amide bonds. The summed E-state index contributed by atoms with van der Waals surface area (Å²) in [7, 11) is 0. The van der Waals surface area contributed by atoms with Crippen LogP contribution in [0.5, 0.6) is 0 Å². The maximum Gasteiger partial charge on any atom is 0.319 e. The van der Waals surface area contributed by atoms with Gasteiger partial charge in [0.15, 0.2) is 5.78 Å². The zero-order chi connectivity index (χ0) is 22.6. The van der Waals surface area contributed by atoms with E-state index in [1.165, 1.54) is 0 Å². The highest BCUT2D eigenvalue weighted by Crippen LogP contribution is 2.21. The molecule has 0 fully saturated rings. The number of pyridine rings is 1. The average Bonchev–Trinajstić information content (AvgIpc) is 3.14. The van der Waals surface area contributed by atoms with Crippen LogP contribution in [0.2, 0.25) is 0 Å². The number of fused-ring (bicyclic) bond motifs is 1. The van der Waals surface area contributed by atoms with Crippen molar-refractivity contribution in [3.63, 3.8) is 0 Å². The van der Waals surface area contributed by atoms with Crippen molar-refractivity contribution in [2.75, 3.05) is 17.2 Å². The first-order valence-electron chi connectivity index (χ1n) is 10.2. The predicted molar refractivity (Wildman–Crippen MR) is 121 cm³/mol. The Morgan fingerprint density at radius 2 is 1.61 bits per heavy atom. The molecule has 162 valence electrons. The molecule has 0 aliphatic heterocycles. The number of hydrogen-bond acceptors (Lipinski definition) is 4. The number of rotatable bonds is 6. The van der Waals surface area contributed by atoms with E-state index in [2.05, 4.69) is 20.9 Å². The van der Waals surface area contributed by atoms with Crippen LogP contribution in [0.25, 0.3) is 5.65 Å². The quantitative estimate of drug-likeness (QED) is 0.515. The first kappa shape index (κ1) is 22.0. The molecule has 0 aliphatic rings. The van der Waals surface area contributed by atoms with Crippen LogP contribution in [0.15, 0.2) is 48.8 Å². The van der Waals surface area contributed by atoms with E-state index in [9.17, 15) is 14.4 Å². The number of hydrogen-bond donors (Lipinski definition) is 3. The van der Waals surface area contributed by atoms with Gasteiger partial charge in [0, 0.05) is 35.6 Å². The molecule has 8 heteroatoms. The number of Topliss-reactive ketones (excluding diaryl/α,β-unsaturated/α-hetero) is 1. The minimum atomic E-state index is -0.521. The van der Waals surface area contributed by atoms with E-state index in [0.717, 1.165) is 6.42 Å². The lowest BCUT2D eigenvalue weighted by Gasteiger charge is -2.13. The number of aromatic nitrogens is 2. The fourth-order valence-electron chi connectivity index (χ4n) is 2.88. The fraction of sp³-hybridized carbons (Fsp3) is 0.304. The third kappa shape index (κ3) is 5.48. The van der Waals surface area contributed by atoms with Crippen molar-refractivity contribution in [1.29, 1.82) is 0 Å². The summed E-state index contributed by atoms with van der Waals surface area (Å²) in [4.78, 5) is 41.1. The number of imidazole rings is 1. The van der Waals surface area contributed by atoms with Gasteiger partial charge in [-0.05, 0) is 42.8 Å². The monoisotopic (exact) mass is 421 g/mol. The molecule has 0 saturated carbocycles. The minimum absolute atomic E-state index is 0.0427. The number of carbonyl (C=O) groups is 3. The standard InChI is InChI=1S/C23H27N5O3/c1-5-12-24-22(31)26-16-8-6-15(7-9-16)21(30)25-17-10-11-19-27-18(14-28(19)13-17)20(29)23(2,3)4/h6-11,13-14H,5,12H2,1-4H3,(H,25,30)(H2,24,26,31). The largest absolute Gasteiger partial charge is 0.338 e. The second kappa shape index (κ2) is 8.99. The van der Waals surface area contributed by atoms with Crippen LogP contribution in [-0.2, 0) is 0 Å². The van der Waals surface area contributed by atoms with E-state index >= 15 is 0 Å². The summed E-state index contributed by atoms with van der Waals surface area (Å²) in [5.41, 5.74) is 2.12. The smallest absolute Gasteiger partial charge is 0.319 e. The average molecular weight is 422 g/mol. The summed E-state index contributed by atoms with van der Waals surface area (Å²) in [6.07, 6.45) is 4.24. The molecule has 3 rings (SSSR count). The zero-order valence-corrected chi connectivity index (χ0v) is 18.2. The second-order valence-corrected chi connectivity index (χ2v) is 8.30. The zero-order valence-electron chi connectivity index (χ0n) is 18.2. The molecular weight excluding hydrogens is 394 g/mol. The summed E-state index contributed by atoms with van der Waals surface area (Å²) in [6, 6.07) is 9.82. The maximum atomic E-state index is 12.6. The molecule has 0 unspecified atom stereocenters. The Kier molecular flexibility index (Phi) is 6.39. The molecule has 1 aromatic carbocycles. The molecular formula is C23H27N5O3. The number of nitrogens with one attached hydrogen (secondary N) is 3. The Bertz CT molecular complexity index is 1110. The van der Waals surface area contributed by atoms with E-state index in [1.54, 1.807) is 53.2 Å². The van der Waals surface area contributed by atoms with Gasteiger partial charge in [0.1, 0.15) is 11.3 Å². The summed E-state index contributed by atoms with van der Waals surface area (Å²) < 4.78 is 1.72. The SMILES string of the molecule is CCCNC(=O)Nc1ccc(C(=O)Nc2ccc3nc(C(=O)C(C)(C)C)cn3c2)cc1. The Morgan fingerprint density at radius 3 is 2.26 bits per heavy atom. The van der Waals surface area contributed by atoms with E-state index in [-0.39, 0.29) is 17.7 Å². The van der Waals surface area contributed by atoms with Crippen molar-refractivity contribution in [3.8, 4) is 0 Å². The maximum absolute atomic E-state index is 12.6. The van der Waals surface area contributed by atoms with Crippen LogP contribution in [0, 0.1) is 5.41 Å². The van der Waals surface area contributed by atoms with Gasteiger partial charge in [-0.1, -0.05) is 27.7 Å². The number of nitrogens with zero attached hydrogens (tertiary/aromatic N) is 2. The van der Waals surface area contributed by atoms with Crippen molar-refractivity contribution >= 4 is 34.7 Å². The van der Waals surface area contributed by atoms with Gasteiger partial charge in [0.2, 0.25) is 0 Å². The van der Waals surface area contributed by atoms with Gasteiger partial charge in [-0.3, -0.25) is 9.59 Å². The first-order chi connectivity index (χ1) is 14.7. The lowest BCUT2D eigenvalue weighted by Crippen LogP contribution is -2.29. The van der Waals surface area contributed by atoms with Gasteiger partial charge in [-0.2, -0.15) is 0 Å². The minimum Gasteiger partial charge on any atom is -0.338 e. The third-order valence-electron chi connectivity index (χ3n) is 4.56. The molecule has 0 radical (unpaired) electrons. The van der Waals surface area contributed by atoms with Crippen LogP contribution < -0.4 is 16.0 Å². The molecule has 0 saturated heterocycles. The highest BCUT2D eigenvalue weighted by Gasteiger charge is 2.25. The topological polar surface area (TPSA) is 105 Å². The van der Waals surface area contributed by atoms with Crippen LogP contribution in [0.4, 0.5) is 16.2 Å². The Hall–Kier alpha value is -3.68. The van der Waals surface area contributed by atoms with Crippen molar-refractivity contribution < 1.29 is 14.4 Å². The molecule has 31 heavy (non-hydrogen) atoms. The van der Waals surface area contributed by atoms with Crippen LogP contribution in [0.1, 0.15) is 55.0 Å². The van der Waals surface area contributed by atoms with E-state index in [0.29, 0.717) is 34.8 Å². The van der Waals surface area contributed by atoms with Crippen molar-refractivity contribution in [2.45, 2.75) is 34.1 Å². The number of ketones is 1. The molecule has 0 bridgehead atoms. The molecule has 8 nitrogen and oxygen atoms in total. The molecule has 2 heterocycles. The van der Waals surface area contributed by atoms with Gasteiger partial charge < -0.3 is 20.4 Å². The van der Waals surface area contributed by atoms with Gasteiger partial charge in [-0.25, -0.2) is 9.78 Å². The fourth-order valence-corrected chi connectivity index (χ4v) is 2.88. The molecule has 3 aromatic rings. The van der Waals surface area contributed by atoms with E-state index < -0.39 is 5.41 Å². The number of benzene rings is 1. The third-order valence-corrected chi connectivity index (χ3v) is 4.56. The van der Waals surface area contributed by atoms with Crippen LogP contribution >= 0.6 is 0 Å². The van der Waals surface area contributed by atoms with Crippen molar-refractivity contribution in [1.82, 2.24) is 14.7 Å². The molecule has 0 aliphatic carbocycles. The first-order valence-corrected chi connectivity index (χ1v) is 10.2. The summed E-state index contributed by atoms with van der Waals surface area (Å²) in [5.74, 6) is -0.327.